The van der Waals surface area contributed by atoms with Gasteiger partial charge in [0.05, 0.1) is 27.0 Å². The van der Waals surface area contributed by atoms with Gasteiger partial charge >= 0.3 is 0 Å². The number of amides is 1. The highest BCUT2D eigenvalue weighted by Gasteiger charge is 2.17. The van der Waals surface area contributed by atoms with Crippen molar-refractivity contribution in [1.29, 1.82) is 0 Å². The van der Waals surface area contributed by atoms with Gasteiger partial charge in [-0.05, 0) is 48.0 Å². The molecule has 1 N–H and O–H groups in total. The van der Waals surface area contributed by atoms with Gasteiger partial charge in [-0.1, -0.05) is 6.07 Å². The highest BCUT2D eigenvalue weighted by Crippen LogP contribution is 2.40. The van der Waals surface area contributed by atoms with Gasteiger partial charge in [-0.2, -0.15) is 0 Å². The van der Waals surface area contributed by atoms with Crippen LogP contribution < -0.4 is 19.5 Å². The topological polar surface area (TPSA) is 74.6 Å². The number of carbonyl (C=O) groups is 1. The van der Waals surface area contributed by atoms with E-state index in [-0.39, 0.29) is 12.3 Å². The molecule has 3 aromatic rings. The monoisotopic (exact) mass is 445 g/mol. The van der Waals surface area contributed by atoms with E-state index in [0.717, 1.165) is 10.7 Å². The molecule has 164 valence electrons. The number of nitrogens with zero attached hydrogens (tertiary/aromatic N) is 2. The Balaban J connectivity index is 1.73. The minimum atomic E-state index is -0.430. The number of nitrogens with one attached hydrogen (secondary N) is 1. The van der Waals surface area contributed by atoms with E-state index in [1.807, 2.05) is 23.9 Å². The summed E-state index contributed by atoms with van der Waals surface area (Å²) in [6.07, 6.45) is 4.09. The van der Waals surface area contributed by atoms with Crippen LogP contribution >= 0.6 is 11.8 Å². The van der Waals surface area contributed by atoms with Gasteiger partial charge in [-0.25, -0.2) is 9.37 Å². The Kier molecular flexibility index (Phi) is 7.41. The van der Waals surface area contributed by atoms with Crippen molar-refractivity contribution in [2.75, 3.05) is 26.6 Å². The summed E-state index contributed by atoms with van der Waals surface area (Å²) in [6.45, 7) is 0. The first-order chi connectivity index (χ1) is 15.0. The van der Waals surface area contributed by atoms with Gasteiger partial charge in [-0.3, -0.25) is 4.79 Å². The number of aryl methyl sites for hydroxylation is 2. The Morgan fingerprint density at radius 1 is 1.13 bits per heavy atom. The van der Waals surface area contributed by atoms with Gasteiger partial charge in [-0.15, -0.1) is 0 Å². The number of rotatable bonds is 9. The maximum Gasteiger partial charge on any atom is 0.224 e. The lowest BCUT2D eigenvalue weighted by Crippen LogP contribution is -2.13. The first-order valence-electron chi connectivity index (χ1n) is 9.49. The zero-order chi connectivity index (χ0) is 22.4. The summed E-state index contributed by atoms with van der Waals surface area (Å²) in [7, 11) is 6.48. The number of carbonyl (C=O) groups excluding carboxylic acids is 1. The van der Waals surface area contributed by atoms with Crippen molar-refractivity contribution in [3.05, 3.63) is 54.1 Å². The lowest BCUT2D eigenvalue weighted by Gasteiger charge is -2.16. The first-order valence-corrected chi connectivity index (χ1v) is 10.3. The molecule has 1 heterocycles. The number of anilines is 1. The Hall–Kier alpha value is -3.20. The van der Waals surface area contributed by atoms with Crippen molar-refractivity contribution >= 4 is 23.4 Å². The molecule has 0 saturated heterocycles. The lowest BCUT2D eigenvalue weighted by molar-refractivity contribution is -0.116. The van der Waals surface area contributed by atoms with Gasteiger partial charge in [0.2, 0.25) is 11.7 Å². The number of benzene rings is 2. The fourth-order valence-electron chi connectivity index (χ4n) is 3.06. The van der Waals surface area contributed by atoms with E-state index in [0.29, 0.717) is 34.3 Å². The van der Waals surface area contributed by atoms with Gasteiger partial charge in [0, 0.05) is 30.8 Å². The smallest absolute Gasteiger partial charge is 0.224 e. The zero-order valence-corrected chi connectivity index (χ0v) is 18.6. The Morgan fingerprint density at radius 2 is 1.90 bits per heavy atom. The van der Waals surface area contributed by atoms with Gasteiger partial charge in [0.15, 0.2) is 16.7 Å². The second kappa shape index (κ2) is 10.2. The van der Waals surface area contributed by atoms with Crippen LogP contribution in [-0.4, -0.2) is 36.8 Å². The minimum Gasteiger partial charge on any atom is -0.493 e. The summed E-state index contributed by atoms with van der Waals surface area (Å²) in [4.78, 5) is 17.6. The van der Waals surface area contributed by atoms with Crippen LogP contribution in [0.1, 0.15) is 12.0 Å². The molecule has 1 amide bonds. The average molecular weight is 446 g/mol. The molecule has 0 radical (unpaired) electrons. The van der Waals surface area contributed by atoms with Crippen LogP contribution in [0.15, 0.2) is 52.8 Å². The Bertz CT molecular complexity index is 1070. The van der Waals surface area contributed by atoms with E-state index in [9.17, 15) is 9.18 Å². The third kappa shape index (κ3) is 5.29. The molecule has 1 aromatic heterocycles. The maximum atomic E-state index is 13.8. The van der Waals surface area contributed by atoms with Crippen LogP contribution in [-0.2, 0) is 18.3 Å². The molecule has 0 aliphatic carbocycles. The van der Waals surface area contributed by atoms with Gasteiger partial charge in [0.25, 0.3) is 0 Å². The SMILES string of the molecule is COc1ccc(CCC(=O)Nc2cc(F)ccc2Sc2nccn2C)c(OC)c1OC. The molecule has 7 nitrogen and oxygen atoms in total. The number of imidazole rings is 1. The second-order valence-electron chi connectivity index (χ2n) is 6.60. The molecule has 9 heteroatoms. The summed E-state index contributed by atoms with van der Waals surface area (Å²) >= 11 is 1.35. The van der Waals surface area contributed by atoms with E-state index in [1.165, 1.54) is 38.1 Å². The van der Waals surface area contributed by atoms with Crippen LogP contribution in [0.25, 0.3) is 0 Å². The maximum absolute atomic E-state index is 13.8. The number of halogens is 1. The molecule has 31 heavy (non-hydrogen) atoms. The molecule has 0 unspecified atom stereocenters. The third-order valence-corrected chi connectivity index (χ3v) is 5.75. The molecule has 0 saturated carbocycles. The van der Waals surface area contributed by atoms with Crippen molar-refractivity contribution in [2.45, 2.75) is 22.9 Å². The number of hydrogen-bond donors (Lipinski definition) is 1. The molecule has 2 aromatic carbocycles. The van der Waals surface area contributed by atoms with Crippen LogP contribution in [0, 0.1) is 5.82 Å². The summed E-state index contributed by atoms with van der Waals surface area (Å²) in [5, 5.41) is 3.54. The fourth-order valence-corrected chi connectivity index (χ4v) is 3.93. The van der Waals surface area contributed by atoms with Crippen LogP contribution in [0.2, 0.25) is 0 Å². The summed E-state index contributed by atoms with van der Waals surface area (Å²) in [5.41, 5.74) is 1.20. The summed E-state index contributed by atoms with van der Waals surface area (Å²) in [5.74, 6) is 0.863. The van der Waals surface area contributed by atoms with E-state index in [4.69, 9.17) is 14.2 Å². The van der Waals surface area contributed by atoms with Gasteiger partial charge in [0.1, 0.15) is 5.82 Å². The number of hydrogen-bond acceptors (Lipinski definition) is 6. The summed E-state index contributed by atoms with van der Waals surface area (Å²) in [6, 6.07) is 7.89. The van der Waals surface area contributed by atoms with Crippen molar-refractivity contribution in [3.8, 4) is 17.2 Å². The Labute approximate surface area is 184 Å². The predicted octanol–water partition coefficient (Wildman–Crippen LogP) is 4.31. The number of methoxy groups -OCH3 is 3. The molecule has 0 aliphatic rings. The fraction of sp³-hybridized carbons (Fsp3) is 0.273. The highest BCUT2D eigenvalue weighted by molar-refractivity contribution is 7.99. The molecule has 0 spiro atoms. The van der Waals surface area contributed by atoms with E-state index in [1.54, 1.807) is 25.4 Å². The molecular weight excluding hydrogens is 421 g/mol. The van der Waals surface area contributed by atoms with Crippen molar-refractivity contribution in [1.82, 2.24) is 9.55 Å². The van der Waals surface area contributed by atoms with E-state index < -0.39 is 5.82 Å². The van der Waals surface area contributed by atoms with E-state index >= 15 is 0 Å². The molecule has 0 atom stereocenters. The number of aromatic nitrogens is 2. The third-order valence-electron chi connectivity index (χ3n) is 4.60. The van der Waals surface area contributed by atoms with Crippen LogP contribution in [0.4, 0.5) is 10.1 Å². The average Bonchev–Trinajstić information content (AvgIpc) is 3.17. The molecule has 0 aliphatic heterocycles. The van der Waals surface area contributed by atoms with Crippen LogP contribution in [0.3, 0.4) is 0 Å². The first kappa shape index (κ1) is 22.5. The highest BCUT2D eigenvalue weighted by atomic mass is 32.2. The minimum absolute atomic E-state index is 0.175. The van der Waals surface area contributed by atoms with E-state index in [2.05, 4.69) is 10.3 Å². The summed E-state index contributed by atoms with van der Waals surface area (Å²) < 4.78 is 31.8. The van der Waals surface area contributed by atoms with Crippen LogP contribution in [0.5, 0.6) is 17.2 Å². The van der Waals surface area contributed by atoms with Crippen molar-refractivity contribution in [3.63, 3.8) is 0 Å². The molecule has 3 rings (SSSR count). The quantitative estimate of drug-likeness (QED) is 0.529. The van der Waals surface area contributed by atoms with Crippen molar-refractivity contribution in [2.24, 2.45) is 7.05 Å². The van der Waals surface area contributed by atoms with Crippen molar-refractivity contribution < 1.29 is 23.4 Å². The predicted molar refractivity (Wildman–Crippen MR) is 117 cm³/mol. The molecular formula is C22H24FN3O4S. The molecule has 0 bridgehead atoms. The largest absolute Gasteiger partial charge is 0.493 e. The zero-order valence-electron chi connectivity index (χ0n) is 17.8. The number of ether oxygens (including phenoxy) is 3. The second-order valence-corrected chi connectivity index (χ2v) is 7.61. The molecule has 0 fully saturated rings. The standard InChI is InChI=1S/C22H24FN3O4S/c1-26-12-11-24-22(26)31-18-9-7-15(23)13-16(18)25-19(27)10-6-14-5-8-17(28-2)21(30-4)20(14)29-3/h5,7-9,11-13H,6,10H2,1-4H3,(H,25,27). The normalized spacial score (nSPS) is 10.6. The lowest BCUT2D eigenvalue weighted by atomic mass is 10.1. The van der Waals surface area contributed by atoms with Gasteiger partial charge < -0.3 is 24.1 Å². The Morgan fingerprint density at radius 3 is 2.55 bits per heavy atom.